The van der Waals surface area contributed by atoms with Crippen LogP contribution in [-0.2, 0) is 5.41 Å². The summed E-state index contributed by atoms with van der Waals surface area (Å²) in [4.78, 5) is 0. The lowest BCUT2D eigenvalue weighted by molar-refractivity contribution is 0.466. The molecule has 1 heterocycles. The lowest BCUT2D eigenvalue weighted by atomic mass is 9.87. The molecule has 3 rings (SSSR count). The molecule has 4 nitrogen and oxygen atoms in total. The lowest BCUT2D eigenvalue weighted by Gasteiger charge is -2.19. The van der Waals surface area contributed by atoms with Gasteiger partial charge < -0.3 is 5.11 Å². The predicted octanol–water partition coefficient (Wildman–Crippen LogP) is 3.42. The summed E-state index contributed by atoms with van der Waals surface area (Å²) >= 11 is 0. The average molecular weight is 267 g/mol. The van der Waals surface area contributed by atoms with Crippen molar-refractivity contribution in [3.63, 3.8) is 0 Å². The largest absolute Gasteiger partial charge is 0.506 e. The van der Waals surface area contributed by atoms with E-state index in [2.05, 4.69) is 31.1 Å². The molecule has 0 aliphatic rings. The Labute approximate surface area is 117 Å². The van der Waals surface area contributed by atoms with Gasteiger partial charge in [-0.15, -0.1) is 5.10 Å². The molecule has 0 fully saturated rings. The number of benzene rings is 2. The highest BCUT2D eigenvalue weighted by Crippen LogP contribution is 2.30. The summed E-state index contributed by atoms with van der Waals surface area (Å²) < 4.78 is 1.66. The highest BCUT2D eigenvalue weighted by molar-refractivity contribution is 5.76. The molecule has 3 aromatic rings. The molecule has 0 amide bonds. The van der Waals surface area contributed by atoms with Crippen molar-refractivity contribution in [3.05, 3.63) is 48.0 Å². The van der Waals surface area contributed by atoms with E-state index in [0.29, 0.717) is 5.69 Å². The van der Waals surface area contributed by atoms with Crippen LogP contribution in [-0.4, -0.2) is 20.1 Å². The molecule has 0 saturated heterocycles. The SMILES string of the molecule is CC(C)(C)c1ccc(-n2nnc3ccccc32)c(O)c1. The number of fused-ring (bicyclic) bond motifs is 1. The number of aromatic hydroxyl groups is 1. The zero-order valence-electron chi connectivity index (χ0n) is 11.8. The average Bonchev–Trinajstić information content (AvgIpc) is 2.81. The lowest BCUT2D eigenvalue weighted by Crippen LogP contribution is -2.11. The quantitative estimate of drug-likeness (QED) is 0.735. The second-order valence-corrected chi connectivity index (χ2v) is 5.94. The number of hydrogen-bond acceptors (Lipinski definition) is 3. The third kappa shape index (κ3) is 2.03. The Hall–Kier alpha value is -2.36. The van der Waals surface area contributed by atoms with Gasteiger partial charge in [0, 0.05) is 0 Å². The van der Waals surface area contributed by atoms with E-state index in [1.165, 1.54) is 0 Å². The summed E-state index contributed by atoms with van der Waals surface area (Å²) in [5.41, 5.74) is 3.42. The Bertz CT molecular complexity index is 769. The van der Waals surface area contributed by atoms with Gasteiger partial charge in [-0.2, -0.15) is 0 Å². The fourth-order valence-corrected chi connectivity index (χ4v) is 2.22. The monoisotopic (exact) mass is 267 g/mol. The molecule has 1 N–H and O–H groups in total. The molecule has 0 radical (unpaired) electrons. The molecule has 0 spiro atoms. The highest BCUT2D eigenvalue weighted by Gasteiger charge is 2.17. The number of phenols is 1. The normalized spacial score (nSPS) is 11.9. The Kier molecular flexibility index (Phi) is 2.74. The van der Waals surface area contributed by atoms with E-state index in [4.69, 9.17) is 0 Å². The first-order valence-corrected chi connectivity index (χ1v) is 6.61. The first-order chi connectivity index (χ1) is 9.47. The first-order valence-electron chi connectivity index (χ1n) is 6.61. The summed E-state index contributed by atoms with van der Waals surface area (Å²) in [6.07, 6.45) is 0. The third-order valence-electron chi connectivity index (χ3n) is 3.42. The molecule has 0 unspecified atom stereocenters. The van der Waals surface area contributed by atoms with E-state index in [9.17, 15) is 5.11 Å². The van der Waals surface area contributed by atoms with Crippen LogP contribution in [0.2, 0.25) is 0 Å². The molecule has 0 aliphatic heterocycles. The molecule has 2 aromatic carbocycles. The van der Waals surface area contributed by atoms with Crippen molar-refractivity contribution in [1.29, 1.82) is 0 Å². The van der Waals surface area contributed by atoms with Crippen molar-refractivity contribution in [2.75, 3.05) is 0 Å². The van der Waals surface area contributed by atoms with Gasteiger partial charge in [0.25, 0.3) is 0 Å². The van der Waals surface area contributed by atoms with Crippen molar-refractivity contribution in [2.45, 2.75) is 26.2 Å². The molecule has 0 bridgehead atoms. The van der Waals surface area contributed by atoms with Gasteiger partial charge >= 0.3 is 0 Å². The second-order valence-electron chi connectivity index (χ2n) is 5.94. The minimum Gasteiger partial charge on any atom is -0.506 e. The number of nitrogens with zero attached hydrogens (tertiary/aromatic N) is 3. The summed E-state index contributed by atoms with van der Waals surface area (Å²) in [6.45, 7) is 6.35. The molecule has 20 heavy (non-hydrogen) atoms. The fraction of sp³-hybridized carbons (Fsp3) is 0.250. The molecule has 0 atom stereocenters. The minimum absolute atomic E-state index is 0.000441. The fourth-order valence-electron chi connectivity index (χ4n) is 2.22. The van der Waals surface area contributed by atoms with Crippen LogP contribution < -0.4 is 0 Å². The van der Waals surface area contributed by atoms with Crippen LogP contribution in [0.25, 0.3) is 16.7 Å². The highest BCUT2D eigenvalue weighted by atomic mass is 16.3. The van der Waals surface area contributed by atoms with Crippen LogP contribution in [0, 0.1) is 0 Å². The van der Waals surface area contributed by atoms with E-state index in [1.807, 2.05) is 36.4 Å². The smallest absolute Gasteiger partial charge is 0.141 e. The van der Waals surface area contributed by atoms with E-state index < -0.39 is 0 Å². The van der Waals surface area contributed by atoms with Crippen LogP contribution in [0.1, 0.15) is 26.3 Å². The zero-order valence-corrected chi connectivity index (χ0v) is 11.8. The standard InChI is InChI=1S/C16H17N3O/c1-16(2,3)11-8-9-14(15(20)10-11)19-13-7-5-4-6-12(13)17-18-19/h4-10,20H,1-3H3. The van der Waals surface area contributed by atoms with Gasteiger partial charge in [0.05, 0.1) is 5.52 Å². The Morgan fingerprint density at radius 3 is 2.50 bits per heavy atom. The van der Waals surface area contributed by atoms with E-state index >= 15 is 0 Å². The van der Waals surface area contributed by atoms with Crippen LogP contribution in [0.3, 0.4) is 0 Å². The van der Waals surface area contributed by atoms with Crippen LogP contribution in [0.5, 0.6) is 5.75 Å². The van der Waals surface area contributed by atoms with Gasteiger partial charge in [0.15, 0.2) is 0 Å². The summed E-state index contributed by atoms with van der Waals surface area (Å²) in [7, 11) is 0. The van der Waals surface area contributed by atoms with Crippen LogP contribution >= 0.6 is 0 Å². The van der Waals surface area contributed by atoms with Crippen LogP contribution in [0.15, 0.2) is 42.5 Å². The maximum atomic E-state index is 10.3. The van der Waals surface area contributed by atoms with Gasteiger partial charge in [0.2, 0.25) is 0 Å². The van der Waals surface area contributed by atoms with E-state index in [0.717, 1.165) is 16.6 Å². The molecule has 1 aromatic heterocycles. The molecule has 4 heteroatoms. The maximum Gasteiger partial charge on any atom is 0.141 e. The number of aromatic nitrogens is 3. The van der Waals surface area contributed by atoms with Crippen molar-refractivity contribution in [1.82, 2.24) is 15.0 Å². The topological polar surface area (TPSA) is 50.9 Å². The Balaban J connectivity index is 2.16. The Morgan fingerprint density at radius 1 is 1.05 bits per heavy atom. The number of phenolic OH excluding ortho intramolecular Hbond substituents is 1. The van der Waals surface area contributed by atoms with E-state index in [1.54, 1.807) is 10.7 Å². The number of rotatable bonds is 1. The number of hydrogen-bond donors (Lipinski definition) is 1. The van der Waals surface area contributed by atoms with E-state index in [-0.39, 0.29) is 11.2 Å². The van der Waals surface area contributed by atoms with Gasteiger partial charge in [0.1, 0.15) is 17.0 Å². The minimum atomic E-state index is 0.000441. The predicted molar refractivity (Wildman–Crippen MR) is 79.2 cm³/mol. The second kappa shape index (κ2) is 4.34. The summed E-state index contributed by atoms with van der Waals surface area (Å²) in [6, 6.07) is 13.4. The third-order valence-corrected chi connectivity index (χ3v) is 3.42. The van der Waals surface area contributed by atoms with Crippen molar-refractivity contribution in [3.8, 4) is 11.4 Å². The first kappa shape index (κ1) is 12.7. The van der Waals surface area contributed by atoms with Crippen molar-refractivity contribution < 1.29 is 5.11 Å². The van der Waals surface area contributed by atoms with Gasteiger partial charge in [-0.05, 0) is 35.2 Å². The zero-order chi connectivity index (χ0) is 14.3. The molecular weight excluding hydrogens is 250 g/mol. The molecule has 0 saturated carbocycles. The Morgan fingerprint density at radius 2 is 1.80 bits per heavy atom. The molecular formula is C16H17N3O. The van der Waals surface area contributed by atoms with Crippen LogP contribution in [0.4, 0.5) is 0 Å². The summed E-state index contributed by atoms with van der Waals surface area (Å²) in [5, 5.41) is 18.5. The van der Waals surface area contributed by atoms with Gasteiger partial charge in [-0.25, -0.2) is 4.68 Å². The number of para-hydroxylation sites is 1. The van der Waals surface area contributed by atoms with Gasteiger partial charge in [-0.3, -0.25) is 0 Å². The van der Waals surface area contributed by atoms with Crippen molar-refractivity contribution >= 4 is 11.0 Å². The summed E-state index contributed by atoms with van der Waals surface area (Å²) in [5.74, 6) is 0.216. The van der Waals surface area contributed by atoms with Gasteiger partial charge in [-0.1, -0.05) is 44.2 Å². The maximum absolute atomic E-state index is 10.3. The molecule has 102 valence electrons. The van der Waals surface area contributed by atoms with Crippen molar-refractivity contribution in [2.24, 2.45) is 0 Å². The molecule has 0 aliphatic carbocycles.